The van der Waals surface area contributed by atoms with E-state index in [1.54, 1.807) is 54.0 Å². The number of methoxy groups -OCH3 is 2. The number of carbonyl (C=O) groups excluding carboxylic acids is 9. The van der Waals surface area contributed by atoms with Crippen LogP contribution in [-0.4, -0.2) is 137 Å². The number of hydrogen-bond donors (Lipinski definition) is 7. The van der Waals surface area contributed by atoms with Gasteiger partial charge in [0, 0.05) is 89.2 Å². The highest BCUT2D eigenvalue weighted by Crippen LogP contribution is 2.36. The lowest BCUT2D eigenvalue weighted by Crippen LogP contribution is -2.54. The first-order valence-corrected chi connectivity index (χ1v) is 26.9. The lowest BCUT2D eigenvalue weighted by Gasteiger charge is -2.25. The number of fused-ring (bicyclic) bond motifs is 2. The second-order valence-corrected chi connectivity index (χ2v) is 20.0. The number of primary amides is 1. The summed E-state index contributed by atoms with van der Waals surface area (Å²) in [6, 6.07) is 9.37. The third-order valence-corrected chi connectivity index (χ3v) is 13.6. The first kappa shape index (κ1) is 61.4. The van der Waals surface area contributed by atoms with Crippen LogP contribution in [0.2, 0.25) is 0 Å². The molecule has 0 bridgehead atoms. The van der Waals surface area contributed by atoms with Crippen LogP contribution in [0.1, 0.15) is 112 Å². The second-order valence-electron chi connectivity index (χ2n) is 20.0. The van der Waals surface area contributed by atoms with Gasteiger partial charge in [0.25, 0.3) is 17.7 Å². The number of pyridine rings is 1. The SMILES string of the molecule is COc1cc2c(cc1OCCCOc1nc3c(cc1OC)CN(C(=O)CCC(=O)O)C3)CN(C(=O)CCC(=O)NCc1ccc(NC(=O)[C@H](CCCNC(N)=O)NC(=O)[C@@H](NC(=O)CCCCCN3C(=O)C=CC3=O)C(C)C)cc1)C2. The van der Waals surface area contributed by atoms with Crippen molar-refractivity contribution in [1.82, 2.24) is 41.0 Å². The molecular formula is C56H72N10O15. The second kappa shape index (κ2) is 30.0. The van der Waals surface area contributed by atoms with Crippen LogP contribution < -0.4 is 51.3 Å². The summed E-state index contributed by atoms with van der Waals surface area (Å²) in [6.45, 7) is 5.75. The number of anilines is 1. The van der Waals surface area contributed by atoms with E-state index in [1.165, 1.54) is 26.4 Å². The maximum absolute atomic E-state index is 13.6. The molecule has 0 spiro atoms. The number of nitrogens with zero attached hydrogens (tertiary/aromatic N) is 4. The topological polar surface area (TPSA) is 337 Å². The van der Waals surface area contributed by atoms with Gasteiger partial charge < -0.3 is 66.2 Å². The summed E-state index contributed by atoms with van der Waals surface area (Å²) >= 11 is 0. The Balaban J connectivity index is 0.907. The van der Waals surface area contributed by atoms with Crippen LogP contribution >= 0.6 is 0 Å². The molecule has 25 heteroatoms. The summed E-state index contributed by atoms with van der Waals surface area (Å²) in [4.78, 5) is 134. The van der Waals surface area contributed by atoms with E-state index in [9.17, 15) is 47.9 Å². The number of aromatic nitrogens is 1. The van der Waals surface area contributed by atoms with Crippen molar-refractivity contribution in [2.45, 2.75) is 129 Å². The standard InChI is InChI=1S/C56H72N10O15/c1-34(2)52(63-46(68)11-6-5-7-23-66-49(71)18-19-50(66)72)54(76)61-40(10-8-22-58-56(57)77)53(75)60-39-14-12-35(13-15-39)29-59-45(67)16-17-47(69)64-30-36-26-42(78-3)43(27-37(36)31-64)80-24-9-25-81-55-44(79-4)28-38-32-65(33-41(38)62-55)48(70)20-21-51(73)74/h12-15,18-19,26-28,34,40,52H,5-11,16-17,20-25,29-33H2,1-4H3,(H,59,67)(H,60,75)(H,61,76)(H,63,68)(H,73,74)(H3,57,58,77)/t40-,52-/m0/s1. The smallest absolute Gasteiger partial charge is 0.312 e. The van der Waals surface area contributed by atoms with E-state index in [2.05, 4.69) is 31.6 Å². The van der Waals surface area contributed by atoms with E-state index >= 15 is 0 Å². The van der Waals surface area contributed by atoms with Gasteiger partial charge in [-0.05, 0) is 84.2 Å². The third kappa shape index (κ3) is 18.4. The van der Waals surface area contributed by atoms with E-state index in [4.69, 9.17) is 29.8 Å². The molecule has 3 aliphatic rings. The number of amides is 10. The molecule has 81 heavy (non-hydrogen) atoms. The van der Waals surface area contributed by atoms with Gasteiger partial charge in [-0.2, -0.15) is 0 Å². The number of rotatable bonds is 32. The zero-order chi connectivity index (χ0) is 58.6. The van der Waals surface area contributed by atoms with Crippen LogP contribution in [0.15, 0.2) is 54.6 Å². The van der Waals surface area contributed by atoms with E-state index in [0.717, 1.165) is 21.6 Å². The van der Waals surface area contributed by atoms with Gasteiger partial charge in [-0.3, -0.25) is 48.1 Å². The largest absolute Gasteiger partial charge is 0.493 e. The highest BCUT2D eigenvalue weighted by Gasteiger charge is 2.31. The molecule has 3 aliphatic heterocycles. The zero-order valence-electron chi connectivity index (χ0n) is 46.1. The van der Waals surface area contributed by atoms with Crippen LogP contribution in [0, 0.1) is 5.92 Å². The van der Waals surface area contributed by atoms with Gasteiger partial charge in [0.05, 0.1) is 46.1 Å². The Morgan fingerprint density at radius 1 is 0.667 bits per heavy atom. The monoisotopic (exact) mass is 1120 g/mol. The number of benzene rings is 2. The minimum Gasteiger partial charge on any atom is -0.493 e. The van der Waals surface area contributed by atoms with Crippen molar-refractivity contribution in [1.29, 1.82) is 0 Å². The molecule has 1 aromatic heterocycles. The number of carboxylic acids is 1. The predicted molar refractivity (Wildman–Crippen MR) is 291 cm³/mol. The minimum atomic E-state index is -1.06. The molecule has 0 saturated carbocycles. The number of carboxylic acid groups (broad SMARTS) is 1. The highest BCUT2D eigenvalue weighted by atomic mass is 16.5. The number of aliphatic carboxylic acids is 1. The first-order chi connectivity index (χ1) is 38.8. The van der Waals surface area contributed by atoms with Crippen molar-refractivity contribution in [3.05, 3.63) is 82.6 Å². The van der Waals surface area contributed by atoms with Gasteiger partial charge in [0.2, 0.25) is 35.4 Å². The van der Waals surface area contributed by atoms with Gasteiger partial charge in [0.1, 0.15) is 12.1 Å². The normalized spacial score (nSPS) is 14.0. The Hall–Kier alpha value is -8.77. The Kier molecular flexibility index (Phi) is 22.8. The number of nitrogens with one attached hydrogen (secondary N) is 5. The molecule has 3 aromatic rings. The zero-order valence-corrected chi connectivity index (χ0v) is 46.1. The lowest BCUT2D eigenvalue weighted by molar-refractivity contribution is -0.141. The fourth-order valence-corrected chi connectivity index (χ4v) is 9.15. The summed E-state index contributed by atoms with van der Waals surface area (Å²) in [5, 5.41) is 22.6. The number of urea groups is 1. The molecule has 6 rings (SSSR count). The molecule has 436 valence electrons. The van der Waals surface area contributed by atoms with Gasteiger partial charge in [-0.25, -0.2) is 9.78 Å². The first-order valence-electron chi connectivity index (χ1n) is 26.9. The minimum absolute atomic E-state index is 0.0218. The van der Waals surface area contributed by atoms with Crippen molar-refractivity contribution in [2.24, 2.45) is 11.7 Å². The number of unbranched alkanes of at least 4 members (excludes halogenated alkanes) is 2. The summed E-state index contributed by atoms with van der Waals surface area (Å²) in [5.41, 5.74) is 9.55. The molecule has 8 N–H and O–H groups in total. The quantitative estimate of drug-likeness (QED) is 0.0349. The van der Waals surface area contributed by atoms with Crippen molar-refractivity contribution in [3.8, 4) is 23.1 Å². The van der Waals surface area contributed by atoms with E-state index in [1.807, 2.05) is 12.1 Å². The van der Waals surface area contributed by atoms with Gasteiger partial charge in [0.15, 0.2) is 17.2 Å². The fourth-order valence-electron chi connectivity index (χ4n) is 9.15. The Morgan fingerprint density at radius 3 is 1.95 bits per heavy atom. The average Bonchev–Trinajstić information content (AvgIpc) is 4.20. The summed E-state index contributed by atoms with van der Waals surface area (Å²) in [5.74, 6) is -2.74. The summed E-state index contributed by atoms with van der Waals surface area (Å²) in [7, 11) is 3.02. The third-order valence-electron chi connectivity index (χ3n) is 13.6. The average molecular weight is 1130 g/mol. The molecule has 0 fully saturated rings. The van der Waals surface area contributed by atoms with Crippen LogP contribution in [0.5, 0.6) is 23.1 Å². The van der Waals surface area contributed by atoms with E-state index < -0.39 is 35.9 Å². The van der Waals surface area contributed by atoms with E-state index in [0.29, 0.717) is 79.5 Å². The van der Waals surface area contributed by atoms with E-state index in [-0.39, 0.29) is 132 Å². The molecule has 0 saturated heterocycles. The maximum atomic E-state index is 13.6. The molecule has 2 aromatic carbocycles. The number of hydrogen-bond acceptors (Lipinski definition) is 15. The van der Waals surface area contributed by atoms with Crippen molar-refractivity contribution < 1.29 is 72.0 Å². The molecule has 0 aliphatic carbocycles. The molecule has 25 nitrogen and oxygen atoms in total. The number of nitrogens with two attached hydrogens (primary N) is 1. The molecular weight excluding hydrogens is 1050 g/mol. The Bertz CT molecular complexity index is 2820. The number of ether oxygens (including phenoxy) is 4. The van der Waals surface area contributed by atoms with Crippen molar-refractivity contribution in [2.75, 3.05) is 45.8 Å². The number of imide groups is 1. The Labute approximate surface area is 469 Å². The lowest BCUT2D eigenvalue weighted by atomic mass is 10.0. The Morgan fingerprint density at radius 2 is 1.30 bits per heavy atom. The van der Waals surface area contributed by atoms with Gasteiger partial charge in [-0.15, -0.1) is 0 Å². The van der Waals surface area contributed by atoms with Gasteiger partial charge >= 0.3 is 12.0 Å². The van der Waals surface area contributed by atoms with Crippen molar-refractivity contribution >= 4 is 64.9 Å². The molecule has 0 unspecified atom stereocenters. The predicted octanol–water partition coefficient (Wildman–Crippen LogP) is 3.09. The summed E-state index contributed by atoms with van der Waals surface area (Å²) < 4.78 is 23.1. The van der Waals surface area contributed by atoms with Crippen LogP contribution in [0.3, 0.4) is 0 Å². The van der Waals surface area contributed by atoms with Crippen molar-refractivity contribution in [3.63, 3.8) is 0 Å². The van der Waals surface area contributed by atoms with Crippen LogP contribution in [-0.2, 0) is 75.9 Å². The van der Waals surface area contributed by atoms with Gasteiger partial charge in [-0.1, -0.05) is 32.4 Å². The fraction of sp³-hybridized carbons (Fsp3) is 0.482. The molecule has 10 amide bonds. The molecule has 0 radical (unpaired) electrons. The van der Waals surface area contributed by atoms with Crippen LogP contribution in [0.25, 0.3) is 0 Å². The number of carbonyl (C=O) groups is 10. The molecule has 4 heterocycles. The molecule has 2 atom stereocenters. The maximum Gasteiger partial charge on any atom is 0.312 e. The van der Waals surface area contributed by atoms with Crippen LogP contribution in [0.4, 0.5) is 10.5 Å². The highest BCUT2D eigenvalue weighted by molar-refractivity contribution is 6.12. The summed E-state index contributed by atoms with van der Waals surface area (Å²) in [6.07, 6.45) is 4.56.